The third kappa shape index (κ3) is 6.32. The first kappa shape index (κ1) is 20.8. The lowest BCUT2D eigenvalue weighted by molar-refractivity contribution is 0.475. The van der Waals surface area contributed by atoms with E-state index in [0.717, 1.165) is 22.5 Å². The maximum atomic E-state index is 9.32. The quantitative estimate of drug-likeness (QED) is 0.318. The molecule has 4 nitrogen and oxygen atoms in total. The van der Waals surface area contributed by atoms with Crippen molar-refractivity contribution in [2.75, 3.05) is 6.54 Å². The number of guanidine groups is 1. The topological polar surface area (TPSA) is 56.7 Å². The van der Waals surface area contributed by atoms with E-state index in [1.54, 1.807) is 12.1 Å². The Morgan fingerprint density at radius 2 is 1.83 bits per heavy atom. The molecule has 130 valence electrons. The zero-order valence-electron chi connectivity index (χ0n) is 13.8. The number of nitrogens with one attached hydrogen (secondary N) is 2. The summed E-state index contributed by atoms with van der Waals surface area (Å²) >= 11 is 3.58. The SMILES string of the molecule is CCNC(=NCc1ccc(O)cc1)NC(C)c1ccccc1Br.I. The minimum Gasteiger partial charge on any atom is -0.508 e. The predicted molar refractivity (Wildman–Crippen MR) is 114 cm³/mol. The third-order valence-electron chi connectivity index (χ3n) is 3.43. The second-order valence-corrected chi connectivity index (χ2v) is 6.10. The van der Waals surface area contributed by atoms with Crippen LogP contribution in [-0.2, 0) is 6.54 Å². The van der Waals surface area contributed by atoms with Crippen molar-refractivity contribution in [1.82, 2.24) is 10.6 Å². The van der Waals surface area contributed by atoms with Crippen molar-refractivity contribution in [3.05, 3.63) is 64.1 Å². The summed E-state index contributed by atoms with van der Waals surface area (Å²) in [6.45, 7) is 5.50. The molecule has 0 bridgehead atoms. The molecule has 1 atom stereocenters. The first-order valence-corrected chi connectivity index (χ1v) is 8.46. The van der Waals surface area contributed by atoms with Crippen LogP contribution in [-0.4, -0.2) is 17.6 Å². The maximum absolute atomic E-state index is 9.32. The predicted octanol–water partition coefficient (Wildman–Crippen LogP) is 4.59. The Balaban J connectivity index is 0.00000288. The van der Waals surface area contributed by atoms with Crippen molar-refractivity contribution < 1.29 is 5.11 Å². The Hall–Kier alpha value is -1.28. The molecule has 6 heteroatoms. The smallest absolute Gasteiger partial charge is 0.192 e. The van der Waals surface area contributed by atoms with Crippen molar-refractivity contribution >= 4 is 45.9 Å². The van der Waals surface area contributed by atoms with E-state index in [-0.39, 0.29) is 35.8 Å². The molecule has 0 aliphatic heterocycles. The molecule has 3 N–H and O–H groups in total. The minimum absolute atomic E-state index is 0. The Labute approximate surface area is 168 Å². The molecule has 0 amide bonds. The first-order chi connectivity index (χ1) is 11.1. The van der Waals surface area contributed by atoms with Crippen LogP contribution in [0.25, 0.3) is 0 Å². The van der Waals surface area contributed by atoms with Crippen molar-refractivity contribution in [1.29, 1.82) is 0 Å². The molecule has 2 aromatic rings. The van der Waals surface area contributed by atoms with Gasteiger partial charge in [-0.25, -0.2) is 4.99 Å². The summed E-state index contributed by atoms with van der Waals surface area (Å²) in [7, 11) is 0. The van der Waals surface area contributed by atoms with Crippen LogP contribution in [0.4, 0.5) is 0 Å². The summed E-state index contributed by atoms with van der Waals surface area (Å²) in [6, 6.07) is 15.4. The van der Waals surface area contributed by atoms with Crippen molar-refractivity contribution in [2.45, 2.75) is 26.4 Å². The molecule has 2 aromatic carbocycles. The number of halogens is 2. The van der Waals surface area contributed by atoms with Crippen LogP contribution in [0, 0.1) is 0 Å². The van der Waals surface area contributed by atoms with Gasteiger partial charge in [-0.1, -0.05) is 46.3 Å². The van der Waals surface area contributed by atoms with Gasteiger partial charge in [0.25, 0.3) is 0 Å². The van der Waals surface area contributed by atoms with Crippen LogP contribution < -0.4 is 10.6 Å². The second kappa shape index (κ2) is 10.6. The molecule has 0 aliphatic carbocycles. The largest absolute Gasteiger partial charge is 0.508 e. The fourth-order valence-corrected chi connectivity index (χ4v) is 2.83. The van der Waals surface area contributed by atoms with Gasteiger partial charge in [0.05, 0.1) is 12.6 Å². The number of nitrogens with zero attached hydrogens (tertiary/aromatic N) is 1. The molecular formula is C18H23BrIN3O. The van der Waals surface area contributed by atoms with Gasteiger partial charge in [0.1, 0.15) is 5.75 Å². The summed E-state index contributed by atoms with van der Waals surface area (Å²) in [5, 5.41) is 16.0. The molecule has 0 saturated heterocycles. The molecule has 0 heterocycles. The summed E-state index contributed by atoms with van der Waals surface area (Å²) in [6.07, 6.45) is 0. The highest BCUT2D eigenvalue weighted by molar-refractivity contribution is 14.0. The second-order valence-electron chi connectivity index (χ2n) is 5.25. The fourth-order valence-electron chi connectivity index (χ4n) is 2.20. The zero-order chi connectivity index (χ0) is 16.7. The highest BCUT2D eigenvalue weighted by atomic mass is 127. The van der Waals surface area contributed by atoms with Gasteiger partial charge < -0.3 is 15.7 Å². The molecule has 2 rings (SSSR count). The van der Waals surface area contributed by atoms with Crippen LogP contribution in [0.15, 0.2) is 58.0 Å². The number of phenolic OH excluding ortho intramolecular Hbond substituents is 1. The van der Waals surface area contributed by atoms with Crippen LogP contribution >= 0.6 is 39.9 Å². The number of hydrogen-bond acceptors (Lipinski definition) is 2. The van der Waals surface area contributed by atoms with Gasteiger partial charge >= 0.3 is 0 Å². The average Bonchev–Trinajstić information content (AvgIpc) is 2.54. The number of rotatable bonds is 5. The summed E-state index contributed by atoms with van der Waals surface area (Å²) in [5.41, 5.74) is 2.23. The Morgan fingerprint density at radius 1 is 1.17 bits per heavy atom. The molecule has 0 radical (unpaired) electrons. The first-order valence-electron chi connectivity index (χ1n) is 7.67. The van der Waals surface area contributed by atoms with Gasteiger partial charge in [-0.05, 0) is 43.2 Å². The van der Waals surface area contributed by atoms with E-state index in [1.807, 2.05) is 37.3 Å². The highest BCUT2D eigenvalue weighted by Crippen LogP contribution is 2.22. The summed E-state index contributed by atoms with van der Waals surface area (Å²) < 4.78 is 1.08. The maximum Gasteiger partial charge on any atom is 0.192 e. The van der Waals surface area contributed by atoms with E-state index < -0.39 is 0 Å². The van der Waals surface area contributed by atoms with E-state index in [0.29, 0.717) is 6.54 Å². The number of aliphatic imine (C=N–C) groups is 1. The van der Waals surface area contributed by atoms with E-state index >= 15 is 0 Å². The molecule has 0 saturated carbocycles. The third-order valence-corrected chi connectivity index (χ3v) is 4.15. The molecule has 1 unspecified atom stereocenters. The Morgan fingerprint density at radius 3 is 2.46 bits per heavy atom. The molecule has 0 spiro atoms. The van der Waals surface area contributed by atoms with E-state index in [2.05, 4.69) is 44.5 Å². The van der Waals surface area contributed by atoms with Crippen LogP contribution in [0.3, 0.4) is 0 Å². The van der Waals surface area contributed by atoms with Crippen molar-refractivity contribution in [2.24, 2.45) is 4.99 Å². The number of benzene rings is 2. The lowest BCUT2D eigenvalue weighted by atomic mass is 10.1. The van der Waals surface area contributed by atoms with Crippen LogP contribution in [0.1, 0.15) is 31.0 Å². The fraction of sp³-hybridized carbons (Fsp3) is 0.278. The molecular weight excluding hydrogens is 481 g/mol. The van der Waals surface area contributed by atoms with Gasteiger partial charge in [-0.15, -0.1) is 24.0 Å². The number of hydrogen-bond donors (Lipinski definition) is 3. The lowest BCUT2D eigenvalue weighted by Crippen LogP contribution is -2.38. The van der Waals surface area contributed by atoms with Crippen molar-refractivity contribution in [3.8, 4) is 5.75 Å². The zero-order valence-corrected chi connectivity index (χ0v) is 17.7. The lowest BCUT2D eigenvalue weighted by Gasteiger charge is -2.19. The molecule has 0 fully saturated rings. The van der Waals surface area contributed by atoms with Crippen molar-refractivity contribution in [3.63, 3.8) is 0 Å². The van der Waals surface area contributed by atoms with Gasteiger partial charge in [-0.2, -0.15) is 0 Å². The Bertz CT molecular complexity index is 662. The number of aromatic hydroxyl groups is 1. The van der Waals surface area contributed by atoms with Crippen LogP contribution in [0.5, 0.6) is 5.75 Å². The van der Waals surface area contributed by atoms with Gasteiger partial charge in [0.2, 0.25) is 0 Å². The number of phenols is 1. The minimum atomic E-state index is 0. The van der Waals surface area contributed by atoms with E-state index in [4.69, 9.17) is 0 Å². The van der Waals surface area contributed by atoms with Crippen LogP contribution in [0.2, 0.25) is 0 Å². The van der Waals surface area contributed by atoms with Gasteiger partial charge in [0, 0.05) is 11.0 Å². The summed E-state index contributed by atoms with van der Waals surface area (Å²) in [5.74, 6) is 1.04. The monoisotopic (exact) mass is 503 g/mol. The van der Waals surface area contributed by atoms with E-state index in [1.165, 1.54) is 5.56 Å². The van der Waals surface area contributed by atoms with Gasteiger partial charge in [-0.3, -0.25) is 0 Å². The molecule has 24 heavy (non-hydrogen) atoms. The molecule has 0 aliphatic rings. The Kier molecular flexibility index (Phi) is 9.13. The summed E-state index contributed by atoms with van der Waals surface area (Å²) in [4.78, 5) is 4.61. The molecule has 0 aromatic heterocycles. The standard InChI is InChI=1S/C18H22BrN3O.HI/c1-3-20-18(21-12-14-8-10-15(23)11-9-14)22-13(2)16-6-4-5-7-17(16)19;/h4-11,13,23H,3,12H2,1-2H3,(H2,20,21,22);1H. The normalized spacial score (nSPS) is 12.2. The average molecular weight is 504 g/mol. The highest BCUT2D eigenvalue weighted by Gasteiger charge is 2.10. The van der Waals surface area contributed by atoms with Gasteiger partial charge in [0.15, 0.2) is 5.96 Å². The van der Waals surface area contributed by atoms with E-state index in [9.17, 15) is 5.11 Å².